The molecule has 0 saturated carbocycles. The minimum atomic E-state index is -0.0151. The lowest BCUT2D eigenvalue weighted by molar-refractivity contribution is -0.0207. The number of carbonyl (C=O) groups excluding carboxylic acids is 1. The Morgan fingerprint density at radius 2 is 1.88 bits per heavy atom. The van der Waals surface area contributed by atoms with Gasteiger partial charge in [0, 0.05) is 32.7 Å². The topological polar surface area (TPSA) is 68.0 Å². The van der Waals surface area contributed by atoms with Crippen molar-refractivity contribution in [3.8, 4) is 0 Å². The summed E-state index contributed by atoms with van der Waals surface area (Å²) < 4.78 is 10.7. The lowest BCUT2D eigenvalue weighted by atomic mass is 10.3. The lowest BCUT2D eigenvalue weighted by Crippen LogP contribution is -2.54. The van der Waals surface area contributed by atoms with Crippen LogP contribution in [0.4, 0.5) is 4.79 Å². The second-order valence-corrected chi connectivity index (χ2v) is 4.06. The lowest BCUT2D eigenvalue weighted by Gasteiger charge is -2.37. The summed E-state index contributed by atoms with van der Waals surface area (Å²) in [6, 6.07) is 0.0880. The van der Waals surface area contributed by atoms with Gasteiger partial charge in [0.1, 0.15) is 0 Å². The summed E-state index contributed by atoms with van der Waals surface area (Å²) in [5.74, 6) is 0. The molecule has 6 nitrogen and oxygen atoms in total. The minimum Gasteiger partial charge on any atom is -0.378 e. The van der Waals surface area contributed by atoms with Crippen molar-refractivity contribution in [1.29, 1.82) is 0 Å². The van der Waals surface area contributed by atoms with Gasteiger partial charge in [-0.2, -0.15) is 0 Å². The first-order valence-corrected chi connectivity index (χ1v) is 5.74. The van der Waals surface area contributed by atoms with E-state index >= 15 is 0 Å². The van der Waals surface area contributed by atoms with Crippen LogP contribution >= 0.6 is 0 Å². The Kier molecular flexibility index (Phi) is 3.98. The van der Waals surface area contributed by atoms with Crippen LogP contribution in [0.3, 0.4) is 0 Å². The minimum absolute atomic E-state index is 0.0151. The van der Waals surface area contributed by atoms with Crippen molar-refractivity contribution in [3.05, 3.63) is 0 Å². The van der Waals surface area contributed by atoms with Gasteiger partial charge >= 0.3 is 6.03 Å². The molecule has 0 aromatic rings. The average Bonchev–Trinajstić information content (AvgIpc) is 2.39. The van der Waals surface area contributed by atoms with E-state index in [4.69, 9.17) is 15.2 Å². The second-order valence-electron chi connectivity index (χ2n) is 4.06. The van der Waals surface area contributed by atoms with Crippen LogP contribution in [0.5, 0.6) is 0 Å². The van der Waals surface area contributed by atoms with E-state index in [2.05, 4.69) is 0 Å². The summed E-state index contributed by atoms with van der Waals surface area (Å²) in [6.07, 6.45) is -0.0151. The Balaban J connectivity index is 1.87. The molecule has 0 bridgehead atoms. The van der Waals surface area contributed by atoms with Crippen LogP contribution < -0.4 is 5.73 Å². The van der Waals surface area contributed by atoms with Gasteiger partial charge in [-0.05, 0) is 0 Å². The van der Waals surface area contributed by atoms with Gasteiger partial charge in [-0.15, -0.1) is 0 Å². The summed E-state index contributed by atoms with van der Waals surface area (Å²) >= 11 is 0. The predicted molar refractivity (Wildman–Crippen MR) is 58.2 cm³/mol. The number of urea groups is 1. The van der Waals surface area contributed by atoms with Crippen molar-refractivity contribution in [1.82, 2.24) is 9.80 Å². The van der Waals surface area contributed by atoms with Crippen molar-refractivity contribution in [2.75, 3.05) is 52.5 Å². The maximum Gasteiger partial charge on any atom is 0.320 e. The normalized spacial score (nSPS) is 26.9. The summed E-state index contributed by atoms with van der Waals surface area (Å²) in [6.45, 7) is 4.95. The first-order valence-electron chi connectivity index (χ1n) is 5.74. The molecule has 0 aromatic carbocycles. The summed E-state index contributed by atoms with van der Waals surface area (Å²) in [4.78, 5) is 15.8. The van der Waals surface area contributed by atoms with E-state index < -0.39 is 0 Å². The van der Waals surface area contributed by atoms with Crippen LogP contribution in [-0.4, -0.2) is 74.5 Å². The van der Waals surface area contributed by atoms with E-state index in [1.807, 2.05) is 9.80 Å². The predicted octanol–water partition coefficient (Wildman–Crippen LogP) is -0.902. The Morgan fingerprint density at radius 3 is 2.56 bits per heavy atom. The highest BCUT2D eigenvalue weighted by Gasteiger charge is 2.27. The molecule has 2 saturated heterocycles. The van der Waals surface area contributed by atoms with Gasteiger partial charge in [-0.25, -0.2) is 4.79 Å². The van der Waals surface area contributed by atoms with Gasteiger partial charge in [-0.1, -0.05) is 0 Å². The number of carbonyl (C=O) groups is 1. The van der Waals surface area contributed by atoms with E-state index in [0.29, 0.717) is 52.5 Å². The third kappa shape index (κ3) is 2.63. The van der Waals surface area contributed by atoms with Crippen LogP contribution in [0.1, 0.15) is 0 Å². The molecule has 2 aliphatic rings. The molecule has 2 fully saturated rings. The molecule has 2 amide bonds. The zero-order valence-electron chi connectivity index (χ0n) is 9.43. The summed E-state index contributed by atoms with van der Waals surface area (Å²) in [7, 11) is 0. The Labute approximate surface area is 95.3 Å². The maximum absolute atomic E-state index is 12.1. The quantitative estimate of drug-likeness (QED) is 0.632. The van der Waals surface area contributed by atoms with Gasteiger partial charge < -0.3 is 25.0 Å². The Morgan fingerprint density at radius 1 is 1.19 bits per heavy atom. The molecule has 16 heavy (non-hydrogen) atoms. The fraction of sp³-hybridized carbons (Fsp3) is 0.900. The van der Waals surface area contributed by atoms with E-state index in [1.165, 1.54) is 0 Å². The van der Waals surface area contributed by atoms with Crippen LogP contribution in [0.2, 0.25) is 0 Å². The van der Waals surface area contributed by atoms with Crippen molar-refractivity contribution >= 4 is 6.03 Å². The summed E-state index contributed by atoms with van der Waals surface area (Å²) in [5.41, 5.74) is 5.55. The zero-order chi connectivity index (χ0) is 11.4. The van der Waals surface area contributed by atoms with Crippen molar-refractivity contribution < 1.29 is 14.3 Å². The molecular weight excluding hydrogens is 210 g/mol. The highest BCUT2D eigenvalue weighted by Crippen LogP contribution is 2.09. The molecule has 2 aliphatic heterocycles. The third-order valence-electron chi connectivity index (χ3n) is 2.95. The molecule has 0 radical (unpaired) electrons. The molecule has 0 aromatic heterocycles. The highest BCUT2D eigenvalue weighted by molar-refractivity contribution is 5.74. The molecule has 0 spiro atoms. The van der Waals surface area contributed by atoms with Crippen LogP contribution in [0, 0.1) is 0 Å². The highest BCUT2D eigenvalue weighted by atomic mass is 16.5. The fourth-order valence-corrected chi connectivity index (χ4v) is 1.99. The van der Waals surface area contributed by atoms with Gasteiger partial charge in [0.25, 0.3) is 0 Å². The number of nitrogens with zero attached hydrogens (tertiary/aromatic N) is 2. The number of ether oxygens (including phenoxy) is 2. The third-order valence-corrected chi connectivity index (χ3v) is 2.95. The van der Waals surface area contributed by atoms with Crippen LogP contribution in [0.25, 0.3) is 0 Å². The Bertz CT molecular complexity index is 243. The van der Waals surface area contributed by atoms with Crippen molar-refractivity contribution in [2.45, 2.75) is 6.10 Å². The van der Waals surface area contributed by atoms with Crippen LogP contribution in [0.15, 0.2) is 0 Å². The van der Waals surface area contributed by atoms with Gasteiger partial charge in [0.05, 0.1) is 25.9 Å². The van der Waals surface area contributed by atoms with E-state index in [0.717, 1.165) is 0 Å². The molecule has 0 aliphatic carbocycles. The van der Waals surface area contributed by atoms with Crippen LogP contribution in [-0.2, 0) is 9.47 Å². The molecule has 6 heteroatoms. The largest absolute Gasteiger partial charge is 0.378 e. The molecule has 1 atom stereocenters. The average molecular weight is 229 g/mol. The molecule has 92 valence electrons. The van der Waals surface area contributed by atoms with Gasteiger partial charge in [0.2, 0.25) is 0 Å². The molecular formula is C10H19N3O3. The maximum atomic E-state index is 12.1. The zero-order valence-corrected chi connectivity index (χ0v) is 9.43. The van der Waals surface area contributed by atoms with E-state index in [9.17, 15) is 4.79 Å². The second kappa shape index (κ2) is 5.47. The molecule has 2 heterocycles. The number of amides is 2. The smallest absolute Gasteiger partial charge is 0.320 e. The monoisotopic (exact) mass is 229 g/mol. The number of nitrogens with two attached hydrogens (primary N) is 1. The SMILES string of the molecule is NCC1CN(C(=O)N2CCOCC2)CCO1. The van der Waals surface area contributed by atoms with Gasteiger partial charge in [0.15, 0.2) is 0 Å². The first kappa shape index (κ1) is 11.6. The molecule has 2 rings (SSSR count). The summed E-state index contributed by atoms with van der Waals surface area (Å²) in [5, 5.41) is 0. The molecule has 1 unspecified atom stereocenters. The van der Waals surface area contributed by atoms with E-state index in [-0.39, 0.29) is 12.1 Å². The Hall–Kier alpha value is -0.850. The van der Waals surface area contributed by atoms with Crippen molar-refractivity contribution in [2.24, 2.45) is 5.73 Å². The standard InChI is InChI=1S/C10H19N3O3/c11-7-9-8-13(3-6-16-9)10(14)12-1-4-15-5-2-12/h9H,1-8,11H2. The first-order chi connectivity index (χ1) is 7.81. The number of hydrogen-bond acceptors (Lipinski definition) is 4. The van der Waals surface area contributed by atoms with Crippen molar-refractivity contribution in [3.63, 3.8) is 0 Å². The van der Waals surface area contributed by atoms with E-state index in [1.54, 1.807) is 0 Å². The number of rotatable bonds is 1. The molecule has 2 N–H and O–H groups in total. The number of morpholine rings is 2. The van der Waals surface area contributed by atoms with Gasteiger partial charge in [-0.3, -0.25) is 0 Å². The fourth-order valence-electron chi connectivity index (χ4n) is 1.99. The number of hydrogen-bond donors (Lipinski definition) is 1.